The molecule has 0 saturated carbocycles. The lowest BCUT2D eigenvalue weighted by Crippen LogP contribution is -2.41. The first-order valence-corrected chi connectivity index (χ1v) is 6.02. The van der Waals surface area contributed by atoms with Crippen molar-refractivity contribution in [3.63, 3.8) is 0 Å². The molecule has 1 unspecified atom stereocenters. The maximum atomic E-state index is 9.31. The highest BCUT2D eigenvalue weighted by atomic mass is 16.6. The van der Waals surface area contributed by atoms with Crippen molar-refractivity contribution in [2.24, 2.45) is 0 Å². The maximum Gasteiger partial charge on any atom is 0.161 e. The molecule has 4 heteroatoms. The quantitative estimate of drug-likeness (QED) is 0.816. The fraction of sp³-hybridized carbons (Fsp3) is 0.500. The average Bonchev–Trinajstić information content (AvgIpc) is 2.38. The molecular weight excluding hydrogens is 228 g/mol. The molecular formula is C14H18N2O2. The number of nitriles is 1. The van der Waals surface area contributed by atoms with Gasteiger partial charge in [0.25, 0.3) is 0 Å². The monoisotopic (exact) mass is 246 g/mol. The summed E-state index contributed by atoms with van der Waals surface area (Å²) in [5.41, 5.74) is 0.570. The summed E-state index contributed by atoms with van der Waals surface area (Å²) in [6, 6.07) is 8.23. The van der Waals surface area contributed by atoms with Crippen LogP contribution in [-0.4, -0.2) is 37.7 Å². The van der Waals surface area contributed by atoms with Gasteiger partial charge in [0.2, 0.25) is 0 Å². The highest BCUT2D eigenvalue weighted by Crippen LogP contribution is 2.32. The highest BCUT2D eigenvalue weighted by molar-refractivity contribution is 5.44. The van der Waals surface area contributed by atoms with E-state index in [4.69, 9.17) is 9.47 Å². The van der Waals surface area contributed by atoms with E-state index in [1.807, 2.05) is 44.1 Å². The van der Waals surface area contributed by atoms with Gasteiger partial charge in [-0.15, -0.1) is 0 Å². The molecule has 18 heavy (non-hydrogen) atoms. The molecule has 0 bridgehead atoms. The molecule has 0 amide bonds. The molecule has 0 N–H and O–H groups in total. The van der Waals surface area contributed by atoms with Crippen LogP contribution in [0.15, 0.2) is 18.2 Å². The van der Waals surface area contributed by atoms with Crippen LogP contribution >= 0.6 is 0 Å². The van der Waals surface area contributed by atoms with Crippen molar-refractivity contribution < 1.29 is 9.47 Å². The van der Waals surface area contributed by atoms with Crippen LogP contribution < -0.4 is 9.47 Å². The smallest absolute Gasteiger partial charge is 0.161 e. The lowest BCUT2D eigenvalue weighted by atomic mass is 9.93. The van der Waals surface area contributed by atoms with Gasteiger partial charge in [0, 0.05) is 6.42 Å². The van der Waals surface area contributed by atoms with Gasteiger partial charge in [-0.1, -0.05) is 6.07 Å². The Morgan fingerprint density at radius 2 is 1.94 bits per heavy atom. The molecule has 0 spiro atoms. The second-order valence-electron chi connectivity index (χ2n) is 4.93. The molecule has 0 radical (unpaired) electrons. The summed E-state index contributed by atoms with van der Waals surface area (Å²) in [6.07, 6.45) is 0.660. The molecule has 4 nitrogen and oxygen atoms in total. The number of nitrogens with zero attached hydrogens (tertiary/aromatic N) is 2. The van der Waals surface area contributed by atoms with Crippen LogP contribution in [0.4, 0.5) is 0 Å². The van der Waals surface area contributed by atoms with Gasteiger partial charge in [0.05, 0.1) is 6.07 Å². The van der Waals surface area contributed by atoms with E-state index >= 15 is 0 Å². The Morgan fingerprint density at radius 3 is 2.56 bits per heavy atom. The van der Waals surface area contributed by atoms with E-state index in [2.05, 4.69) is 6.07 Å². The molecule has 0 aromatic heterocycles. The zero-order chi connectivity index (χ0) is 13.2. The molecule has 0 aliphatic carbocycles. The summed E-state index contributed by atoms with van der Waals surface area (Å²) in [7, 11) is 3.84. The van der Waals surface area contributed by atoms with E-state index in [1.165, 1.54) is 0 Å². The van der Waals surface area contributed by atoms with Crippen LogP contribution in [0.1, 0.15) is 12.5 Å². The third-order valence-corrected chi connectivity index (χ3v) is 3.38. The Bertz CT molecular complexity index is 479. The van der Waals surface area contributed by atoms with Crippen molar-refractivity contribution in [1.82, 2.24) is 4.90 Å². The molecule has 1 aromatic carbocycles. The molecule has 1 atom stereocenters. The molecule has 1 aliphatic heterocycles. The van der Waals surface area contributed by atoms with Crippen molar-refractivity contribution in [1.29, 1.82) is 5.26 Å². The number of fused-ring (bicyclic) bond motifs is 1. The van der Waals surface area contributed by atoms with E-state index in [0.29, 0.717) is 19.6 Å². The van der Waals surface area contributed by atoms with Crippen molar-refractivity contribution in [2.75, 3.05) is 27.3 Å². The number of likely N-dealkylation sites (N-methyl/N-ethyl adjacent to an activating group) is 1. The summed E-state index contributed by atoms with van der Waals surface area (Å²) >= 11 is 0. The summed E-state index contributed by atoms with van der Waals surface area (Å²) in [4.78, 5) is 1.93. The van der Waals surface area contributed by atoms with Crippen LogP contribution in [-0.2, 0) is 6.42 Å². The number of benzene rings is 1. The Hall–Kier alpha value is -1.73. The van der Waals surface area contributed by atoms with E-state index in [0.717, 1.165) is 17.1 Å². The Kier molecular flexibility index (Phi) is 3.44. The van der Waals surface area contributed by atoms with Gasteiger partial charge in [0.15, 0.2) is 11.5 Å². The molecule has 2 rings (SSSR count). The van der Waals surface area contributed by atoms with Crippen LogP contribution in [0, 0.1) is 11.3 Å². The summed E-state index contributed by atoms with van der Waals surface area (Å²) in [6.45, 7) is 3.11. The van der Waals surface area contributed by atoms with Crippen molar-refractivity contribution in [3.05, 3.63) is 23.8 Å². The second-order valence-corrected chi connectivity index (χ2v) is 4.93. The average molecular weight is 246 g/mol. The standard InChI is InChI=1S/C14H18N2O2/c1-14(10-15,16(2)3)9-11-4-5-12-13(8-11)18-7-6-17-12/h4-5,8H,6-7,9H2,1-3H3. The van der Waals surface area contributed by atoms with E-state index in [-0.39, 0.29) is 0 Å². The third kappa shape index (κ3) is 2.41. The van der Waals surface area contributed by atoms with Crippen molar-refractivity contribution in [2.45, 2.75) is 18.9 Å². The highest BCUT2D eigenvalue weighted by Gasteiger charge is 2.27. The number of hydrogen-bond donors (Lipinski definition) is 0. The number of hydrogen-bond acceptors (Lipinski definition) is 4. The van der Waals surface area contributed by atoms with E-state index < -0.39 is 5.54 Å². The summed E-state index contributed by atoms with van der Waals surface area (Å²) in [5, 5.41) is 9.31. The second kappa shape index (κ2) is 4.87. The van der Waals surface area contributed by atoms with E-state index in [1.54, 1.807) is 0 Å². The SMILES string of the molecule is CN(C)C(C)(C#N)Cc1ccc2c(c1)OCCO2. The van der Waals surface area contributed by atoms with Crippen molar-refractivity contribution in [3.8, 4) is 17.6 Å². The molecule has 0 fully saturated rings. The Balaban J connectivity index is 2.22. The van der Waals surface area contributed by atoms with Crippen molar-refractivity contribution >= 4 is 0 Å². The largest absolute Gasteiger partial charge is 0.486 e. The molecule has 1 heterocycles. The molecule has 96 valence electrons. The van der Waals surface area contributed by atoms with Gasteiger partial charge in [-0.25, -0.2) is 0 Å². The molecule has 1 aromatic rings. The topological polar surface area (TPSA) is 45.5 Å². The maximum absolute atomic E-state index is 9.31. The first kappa shape index (κ1) is 12.7. The summed E-state index contributed by atoms with van der Waals surface area (Å²) < 4.78 is 11.0. The summed E-state index contributed by atoms with van der Waals surface area (Å²) in [5.74, 6) is 1.56. The van der Waals surface area contributed by atoms with Gasteiger partial charge < -0.3 is 9.47 Å². The third-order valence-electron chi connectivity index (χ3n) is 3.38. The lowest BCUT2D eigenvalue weighted by Gasteiger charge is -2.29. The van der Waals surface area contributed by atoms with Crippen LogP contribution in [0.25, 0.3) is 0 Å². The minimum Gasteiger partial charge on any atom is -0.486 e. The van der Waals surface area contributed by atoms with Crippen LogP contribution in [0.2, 0.25) is 0 Å². The zero-order valence-corrected chi connectivity index (χ0v) is 11.1. The zero-order valence-electron chi connectivity index (χ0n) is 11.1. The van der Waals surface area contributed by atoms with Gasteiger partial charge in [-0.2, -0.15) is 5.26 Å². The van der Waals surface area contributed by atoms with E-state index in [9.17, 15) is 5.26 Å². The van der Waals surface area contributed by atoms with Crippen LogP contribution in [0.5, 0.6) is 11.5 Å². The van der Waals surface area contributed by atoms with Gasteiger partial charge in [0.1, 0.15) is 18.8 Å². The minimum atomic E-state index is -0.510. The van der Waals surface area contributed by atoms with Crippen LogP contribution in [0.3, 0.4) is 0 Å². The fourth-order valence-corrected chi connectivity index (χ4v) is 1.89. The predicted molar refractivity (Wildman–Crippen MR) is 68.8 cm³/mol. The first-order valence-electron chi connectivity index (χ1n) is 6.02. The van der Waals surface area contributed by atoms with Gasteiger partial charge >= 0.3 is 0 Å². The minimum absolute atomic E-state index is 0.510. The molecule has 1 aliphatic rings. The lowest BCUT2D eigenvalue weighted by molar-refractivity contribution is 0.171. The van der Waals surface area contributed by atoms with Gasteiger partial charge in [-0.3, -0.25) is 4.90 Å². The van der Waals surface area contributed by atoms with Gasteiger partial charge in [-0.05, 0) is 38.7 Å². The number of ether oxygens (including phenoxy) is 2. The molecule has 0 saturated heterocycles. The normalized spacial score (nSPS) is 17.1. The number of rotatable bonds is 3. The first-order chi connectivity index (χ1) is 8.55. The Labute approximate surface area is 108 Å². The predicted octanol–water partition coefficient (Wildman–Crippen LogP) is 1.84. The Morgan fingerprint density at radius 1 is 1.28 bits per heavy atom. The fourth-order valence-electron chi connectivity index (χ4n) is 1.89.